The van der Waals surface area contributed by atoms with Gasteiger partial charge in [0.05, 0.1) is 9.74 Å². The molecule has 3 saturated carbocycles. The molecular weight excluding hydrogens is 620 g/mol. The fourth-order valence-corrected chi connectivity index (χ4v) is 9.84. The smallest absolute Gasteiger partial charge is 0.306 e. The minimum Gasteiger partial charge on any atom is -0.459 e. The van der Waals surface area contributed by atoms with Crippen molar-refractivity contribution in [2.45, 2.75) is 109 Å². The molecule has 1 N–H and O–H groups in total. The Bertz CT molecular complexity index is 1250. The van der Waals surface area contributed by atoms with Gasteiger partial charge in [0.1, 0.15) is 12.2 Å². The van der Waals surface area contributed by atoms with E-state index in [0.717, 1.165) is 5.57 Å². The van der Waals surface area contributed by atoms with Gasteiger partial charge in [-0.3, -0.25) is 24.0 Å². The number of carbonyl (C=O) groups is 5. The van der Waals surface area contributed by atoms with Gasteiger partial charge >= 0.3 is 17.9 Å². The lowest BCUT2D eigenvalue weighted by Crippen LogP contribution is -2.76. The van der Waals surface area contributed by atoms with Crippen LogP contribution in [0.5, 0.6) is 0 Å². The van der Waals surface area contributed by atoms with E-state index in [0.29, 0.717) is 19.3 Å². The molecule has 0 radical (unpaired) electrons. The summed E-state index contributed by atoms with van der Waals surface area (Å²) < 4.78 is 16.6. The summed E-state index contributed by atoms with van der Waals surface area (Å²) in [5.41, 5.74) is -3.14. The minimum atomic E-state index is -1.84. The number of fused-ring (bicyclic) bond motifs is 5. The molecule has 0 spiro atoms. The number of alkyl halides is 1. The normalized spacial score (nSPS) is 39.7. The quantitative estimate of drug-likeness (QED) is 0.209. The number of carbonyl (C=O) groups excluding carboxylic acids is 5. The summed E-state index contributed by atoms with van der Waals surface area (Å²) in [6.45, 7) is 12.0. The summed E-state index contributed by atoms with van der Waals surface area (Å²) in [6, 6.07) is 0. The lowest BCUT2D eigenvalue weighted by Gasteiger charge is -2.66. The third-order valence-corrected chi connectivity index (χ3v) is 12.6. The molecule has 0 bridgehead atoms. The first-order valence-corrected chi connectivity index (χ1v) is 16.2. The second kappa shape index (κ2) is 11.9. The summed E-state index contributed by atoms with van der Waals surface area (Å²) in [5.74, 6) is -3.65. The van der Waals surface area contributed by atoms with E-state index in [-0.39, 0.29) is 42.8 Å². The molecule has 3 fully saturated rings. The average molecular weight is 666 g/mol. The Balaban J connectivity index is 1.95. The van der Waals surface area contributed by atoms with E-state index < -0.39 is 69.2 Å². The highest BCUT2D eigenvalue weighted by molar-refractivity contribution is 9.10. The molecule has 0 saturated heterocycles. The van der Waals surface area contributed by atoms with Crippen LogP contribution in [0.4, 0.5) is 0 Å². The van der Waals surface area contributed by atoms with E-state index in [1.165, 1.54) is 6.08 Å². The number of hydrogen-bond donors (Lipinski definition) is 1. The number of halogens is 1. The molecule has 0 aromatic heterocycles. The van der Waals surface area contributed by atoms with E-state index in [1.54, 1.807) is 26.8 Å². The first kappa shape index (κ1) is 33.6. The zero-order chi connectivity index (χ0) is 32.1. The third kappa shape index (κ3) is 4.95. The van der Waals surface area contributed by atoms with Gasteiger partial charge in [0.15, 0.2) is 18.0 Å². The molecule has 43 heavy (non-hydrogen) atoms. The molecule has 1 unspecified atom stereocenters. The molecule has 9 nitrogen and oxygen atoms in total. The number of aliphatic hydroxyl groups is 1. The number of aliphatic hydroxyl groups excluding tert-OH is 1. The van der Waals surface area contributed by atoms with Gasteiger partial charge in [0.25, 0.3) is 0 Å². The molecule has 4 rings (SSSR count). The Morgan fingerprint density at radius 1 is 1.07 bits per heavy atom. The maximum atomic E-state index is 14.3. The second-order valence-corrected chi connectivity index (χ2v) is 14.8. The number of rotatable bonds is 9. The Hall–Kier alpha value is -2.33. The molecular formula is C33H45BrO9. The molecule has 0 aromatic carbocycles. The number of allylic oxidation sites excluding steroid dienone is 4. The van der Waals surface area contributed by atoms with Gasteiger partial charge in [0.2, 0.25) is 5.78 Å². The van der Waals surface area contributed by atoms with E-state index >= 15 is 0 Å². The molecule has 0 aromatic rings. The predicted octanol–water partition coefficient (Wildman–Crippen LogP) is 4.81. The molecule has 238 valence electrons. The highest BCUT2D eigenvalue weighted by Crippen LogP contribution is 2.73. The van der Waals surface area contributed by atoms with Gasteiger partial charge < -0.3 is 19.3 Å². The largest absolute Gasteiger partial charge is 0.459 e. The zero-order valence-electron chi connectivity index (χ0n) is 26.2. The van der Waals surface area contributed by atoms with E-state index in [9.17, 15) is 29.1 Å². The Morgan fingerprint density at radius 2 is 1.72 bits per heavy atom. The fourth-order valence-electron chi connectivity index (χ4n) is 8.67. The molecule has 4 aliphatic carbocycles. The van der Waals surface area contributed by atoms with Crippen molar-refractivity contribution in [2.24, 2.45) is 34.5 Å². The van der Waals surface area contributed by atoms with Gasteiger partial charge in [-0.05, 0) is 49.2 Å². The van der Waals surface area contributed by atoms with Crippen molar-refractivity contribution < 1.29 is 43.3 Å². The molecule has 0 amide bonds. The van der Waals surface area contributed by atoms with Crippen LogP contribution in [-0.2, 0) is 38.2 Å². The first-order chi connectivity index (χ1) is 20.0. The van der Waals surface area contributed by atoms with Gasteiger partial charge in [-0.25, -0.2) is 0 Å². The lowest BCUT2D eigenvalue weighted by molar-refractivity contribution is -0.243. The summed E-state index contributed by atoms with van der Waals surface area (Å²) >= 11 is 4.01. The SMILES string of the molecule is CCC(=O)OCC(=O)[C@@]1(OC(=O)CC)[C@@H](C)C[C@H]2C3CCC4=CC(=O)C=C[C@]4(C)[C@@]3(Br)[C@@H](O)[C@@H](OC(=O)CC(C)C)[C@@]21C. The van der Waals surface area contributed by atoms with E-state index in [2.05, 4.69) is 15.9 Å². The van der Waals surface area contributed by atoms with Gasteiger partial charge in [-0.15, -0.1) is 0 Å². The maximum Gasteiger partial charge on any atom is 0.306 e. The maximum absolute atomic E-state index is 14.3. The first-order valence-electron chi connectivity index (χ1n) is 15.5. The summed E-state index contributed by atoms with van der Waals surface area (Å²) in [6.07, 6.45) is 4.07. The number of ether oxygens (including phenoxy) is 3. The highest BCUT2D eigenvalue weighted by atomic mass is 79.9. The Labute approximate surface area is 262 Å². The number of Topliss-reactive ketones (excluding diaryl/α,β-unsaturated/α-hetero) is 1. The average Bonchev–Trinajstić information content (AvgIpc) is 3.17. The number of esters is 3. The van der Waals surface area contributed by atoms with Crippen molar-refractivity contribution >= 4 is 45.4 Å². The third-order valence-electron chi connectivity index (χ3n) is 10.8. The van der Waals surface area contributed by atoms with Crippen molar-refractivity contribution in [3.63, 3.8) is 0 Å². The predicted molar refractivity (Wildman–Crippen MR) is 161 cm³/mol. The molecule has 0 aliphatic heterocycles. The van der Waals surface area contributed by atoms with Crippen LogP contribution in [0.1, 0.15) is 87.0 Å². The highest BCUT2D eigenvalue weighted by Gasteiger charge is 2.80. The number of hydrogen-bond acceptors (Lipinski definition) is 9. The molecule has 4 aliphatic rings. The van der Waals surface area contributed by atoms with Gasteiger partial charge in [-0.1, -0.05) is 76.0 Å². The van der Waals surface area contributed by atoms with Crippen LogP contribution >= 0.6 is 15.9 Å². The van der Waals surface area contributed by atoms with Crippen LogP contribution in [-0.4, -0.2) is 63.3 Å². The van der Waals surface area contributed by atoms with E-state index in [1.807, 2.05) is 33.8 Å². The van der Waals surface area contributed by atoms with Crippen LogP contribution in [0, 0.1) is 34.5 Å². The standard InChI is InChI=1S/C33H45BrO9/c1-8-25(37)41-17-24(36)33(43-26(38)9-2)19(5)15-23-22-11-10-20-16-21(35)12-13-30(20,6)32(22,34)28(40)29(31(23,33)7)42-27(39)14-18(3)4/h12-13,16,18-19,22-23,28-29,40H,8-11,14-15,17H2,1-7H3/t19-,22?,23-,28-,29+,30-,31+,32-,33-/m0/s1. The summed E-state index contributed by atoms with van der Waals surface area (Å²) in [4.78, 5) is 65.3. The molecule has 9 atom stereocenters. The van der Waals surface area contributed by atoms with Crippen molar-refractivity contribution in [3.05, 3.63) is 23.8 Å². The monoisotopic (exact) mass is 664 g/mol. The van der Waals surface area contributed by atoms with E-state index in [4.69, 9.17) is 14.2 Å². The van der Waals surface area contributed by atoms with Crippen LogP contribution < -0.4 is 0 Å². The van der Waals surface area contributed by atoms with Gasteiger partial charge in [-0.2, -0.15) is 0 Å². The Morgan fingerprint density at radius 3 is 2.33 bits per heavy atom. The lowest BCUT2D eigenvalue weighted by atomic mass is 9.45. The number of ketones is 2. The second-order valence-electron chi connectivity index (χ2n) is 13.5. The van der Waals surface area contributed by atoms with Crippen LogP contribution in [0.15, 0.2) is 23.8 Å². The van der Waals surface area contributed by atoms with Crippen LogP contribution in [0.25, 0.3) is 0 Å². The van der Waals surface area contributed by atoms with Crippen molar-refractivity contribution in [2.75, 3.05) is 6.61 Å². The topological polar surface area (TPSA) is 133 Å². The Kier molecular flexibility index (Phi) is 9.27. The van der Waals surface area contributed by atoms with Crippen LogP contribution in [0.3, 0.4) is 0 Å². The van der Waals surface area contributed by atoms with Crippen molar-refractivity contribution in [3.8, 4) is 0 Å². The summed E-state index contributed by atoms with van der Waals surface area (Å²) in [7, 11) is 0. The van der Waals surface area contributed by atoms with Crippen LogP contribution in [0.2, 0.25) is 0 Å². The van der Waals surface area contributed by atoms with Crippen molar-refractivity contribution in [1.82, 2.24) is 0 Å². The minimum absolute atomic E-state index is 0.00549. The summed E-state index contributed by atoms with van der Waals surface area (Å²) in [5, 5.41) is 12.5. The van der Waals surface area contributed by atoms with Gasteiger partial charge in [0, 0.05) is 30.6 Å². The van der Waals surface area contributed by atoms with Crippen molar-refractivity contribution in [1.29, 1.82) is 0 Å². The zero-order valence-corrected chi connectivity index (χ0v) is 27.8. The molecule has 0 heterocycles. The molecule has 10 heteroatoms. The fraction of sp³-hybridized carbons (Fsp3) is 0.727.